The summed E-state index contributed by atoms with van der Waals surface area (Å²) in [6, 6.07) is 6.59. The highest BCUT2D eigenvalue weighted by molar-refractivity contribution is 5.94. The highest BCUT2D eigenvalue weighted by Gasteiger charge is 2.35. The second-order valence-corrected chi connectivity index (χ2v) is 6.24. The second kappa shape index (κ2) is 8.23. The molecule has 26 heavy (non-hydrogen) atoms. The second-order valence-electron chi connectivity index (χ2n) is 6.24. The van der Waals surface area contributed by atoms with E-state index < -0.39 is 0 Å². The number of ether oxygens (including phenoxy) is 2. The van der Waals surface area contributed by atoms with Gasteiger partial charge in [-0.25, -0.2) is 14.4 Å². The number of hydrogen-bond acceptors (Lipinski definition) is 5. The quantitative estimate of drug-likeness (QED) is 0.821. The van der Waals surface area contributed by atoms with Crippen molar-refractivity contribution in [1.82, 2.24) is 14.9 Å². The fraction of sp³-hybridized carbons (Fsp3) is 0.421. The van der Waals surface area contributed by atoms with Gasteiger partial charge in [-0.05, 0) is 30.9 Å². The maximum Gasteiger partial charge on any atom is 0.316 e. The molecule has 0 N–H and O–H groups in total. The van der Waals surface area contributed by atoms with Gasteiger partial charge < -0.3 is 14.4 Å². The van der Waals surface area contributed by atoms with Crippen LogP contribution in [0.4, 0.5) is 4.39 Å². The van der Waals surface area contributed by atoms with Crippen LogP contribution in [0.25, 0.3) is 0 Å². The molecule has 1 fully saturated rings. The largest absolute Gasteiger partial charge is 0.467 e. The Bertz CT molecular complexity index is 754. The van der Waals surface area contributed by atoms with Gasteiger partial charge in [-0.15, -0.1) is 0 Å². The first-order chi connectivity index (χ1) is 12.6. The Morgan fingerprint density at radius 2 is 2.00 bits per heavy atom. The number of carbonyl (C=O) groups is 1. The van der Waals surface area contributed by atoms with Crippen LogP contribution in [0.5, 0.6) is 6.01 Å². The molecule has 3 rings (SSSR count). The van der Waals surface area contributed by atoms with Crippen molar-refractivity contribution in [2.45, 2.75) is 31.4 Å². The highest BCUT2D eigenvalue weighted by Crippen LogP contribution is 2.26. The van der Waals surface area contributed by atoms with Gasteiger partial charge in [0.2, 0.25) is 0 Å². The molecule has 6 nitrogen and oxygen atoms in total. The van der Waals surface area contributed by atoms with E-state index in [0.717, 1.165) is 12.8 Å². The zero-order chi connectivity index (χ0) is 18.5. The molecule has 0 saturated carbocycles. The van der Waals surface area contributed by atoms with Crippen LogP contribution in [0.1, 0.15) is 28.8 Å². The van der Waals surface area contributed by atoms with E-state index in [0.29, 0.717) is 24.1 Å². The van der Waals surface area contributed by atoms with Crippen molar-refractivity contribution in [1.29, 1.82) is 0 Å². The van der Waals surface area contributed by atoms with Gasteiger partial charge >= 0.3 is 6.01 Å². The Hall–Kier alpha value is -2.54. The van der Waals surface area contributed by atoms with Crippen LogP contribution in [-0.4, -0.2) is 53.7 Å². The first kappa shape index (κ1) is 18.3. The van der Waals surface area contributed by atoms with E-state index in [9.17, 15) is 9.18 Å². The number of likely N-dealkylation sites (tertiary alicyclic amines) is 1. The third-order valence-corrected chi connectivity index (χ3v) is 4.73. The molecule has 1 aliphatic rings. The van der Waals surface area contributed by atoms with Crippen LogP contribution < -0.4 is 4.74 Å². The number of nitrogens with zero attached hydrogens (tertiary/aromatic N) is 3. The summed E-state index contributed by atoms with van der Waals surface area (Å²) in [5.41, 5.74) is 0.950. The summed E-state index contributed by atoms with van der Waals surface area (Å²) in [6.07, 6.45) is 4.81. The zero-order valence-corrected chi connectivity index (χ0v) is 14.9. The normalized spacial score (nSPS) is 20.0. The predicted octanol–water partition coefficient (Wildman–Crippen LogP) is 2.49. The number of hydrogen-bond donors (Lipinski definition) is 0. The molecule has 1 amide bonds. The number of halogens is 1. The van der Waals surface area contributed by atoms with Crippen molar-refractivity contribution in [2.75, 3.05) is 20.8 Å². The summed E-state index contributed by atoms with van der Waals surface area (Å²) in [5.74, 6) is -0.455. The molecule has 2 aromatic rings. The molecule has 0 bridgehead atoms. The van der Waals surface area contributed by atoms with Gasteiger partial charge in [0.05, 0.1) is 24.8 Å². The van der Waals surface area contributed by atoms with Crippen molar-refractivity contribution in [3.05, 3.63) is 53.6 Å². The lowest BCUT2D eigenvalue weighted by Gasteiger charge is -2.40. The molecular weight excluding hydrogens is 337 g/mol. The lowest BCUT2D eigenvalue weighted by atomic mass is 9.92. The minimum atomic E-state index is -0.270. The van der Waals surface area contributed by atoms with E-state index in [1.165, 1.54) is 25.6 Å². The third kappa shape index (κ3) is 3.83. The number of piperidine rings is 1. The van der Waals surface area contributed by atoms with Crippen molar-refractivity contribution < 1.29 is 18.7 Å². The summed E-state index contributed by atoms with van der Waals surface area (Å²) >= 11 is 0. The fourth-order valence-corrected chi connectivity index (χ4v) is 3.38. The first-order valence-electron chi connectivity index (χ1n) is 8.57. The maximum atomic E-state index is 14.1. The molecule has 2 heterocycles. The Labute approximate surface area is 152 Å². The summed E-state index contributed by atoms with van der Waals surface area (Å²) in [5, 5.41) is 0. The van der Waals surface area contributed by atoms with Crippen LogP contribution in [0.3, 0.4) is 0 Å². The molecule has 1 aromatic heterocycles. The van der Waals surface area contributed by atoms with Crippen molar-refractivity contribution in [2.24, 2.45) is 0 Å². The molecule has 0 spiro atoms. The Kier molecular flexibility index (Phi) is 5.78. The van der Waals surface area contributed by atoms with Gasteiger partial charge in [0.1, 0.15) is 5.82 Å². The van der Waals surface area contributed by atoms with E-state index in [2.05, 4.69) is 9.97 Å². The van der Waals surface area contributed by atoms with Crippen molar-refractivity contribution in [3.63, 3.8) is 0 Å². The topological polar surface area (TPSA) is 64.5 Å². The molecule has 0 aliphatic carbocycles. The van der Waals surface area contributed by atoms with Crippen LogP contribution in [0, 0.1) is 5.82 Å². The van der Waals surface area contributed by atoms with Gasteiger partial charge in [-0.2, -0.15) is 0 Å². The van der Waals surface area contributed by atoms with Crippen LogP contribution in [0.2, 0.25) is 0 Å². The van der Waals surface area contributed by atoms with Gasteiger partial charge in [-0.3, -0.25) is 4.79 Å². The predicted molar refractivity (Wildman–Crippen MR) is 93.5 cm³/mol. The molecule has 0 unspecified atom stereocenters. The maximum absolute atomic E-state index is 14.1. The van der Waals surface area contributed by atoms with Gasteiger partial charge in [0.15, 0.2) is 0 Å². The molecule has 7 heteroatoms. The molecule has 2 atom stereocenters. The van der Waals surface area contributed by atoms with E-state index in [1.807, 2.05) is 0 Å². The monoisotopic (exact) mass is 359 g/mol. The van der Waals surface area contributed by atoms with E-state index >= 15 is 0 Å². The summed E-state index contributed by atoms with van der Waals surface area (Å²) < 4.78 is 24.7. The number of methoxy groups -OCH3 is 2. The minimum absolute atomic E-state index is 0.147. The number of rotatable bonds is 5. The van der Waals surface area contributed by atoms with Gasteiger partial charge in [0, 0.05) is 26.0 Å². The SMILES string of the molecule is COc1ncc(C(=O)N2CCC[C@H](OC)[C@@H]2Cc2ccccc2F)cn1. The molecule has 1 aromatic carbocycles. The number of aromatic nitrogens is 2. The average molecular weight is 359 g/mol. The first-order valence-corrected chi connectivity index (χ1v) is 8.57. The van der Waals surface area contributed by atoms with Gasteiger partial charge in [-0.1, -0.05) is 18.2 Å². The summed E-state index contributed by atoms with van der Waals surface area (Å²) in [4.78, 5) is 22.8. The number of benzene rings is 1. The lowest BCUT2D eigenvalue weighted by Crippen LogP contribution is -2.52. The molecule has 138 valence electrons. The van der Waals surface area contributed by atoms with Crippen molar-refractivity contribution in [3.8, 4) is 6.01 Å². The van der Waals surface area contributed by atoms with Crippen LogP contribution in [-0.2, 0) is 11.2 Å². The van der Waals surface area contributed by atoms with Crippen LogP contribution >= 0.6 is 0 Å². The molecule has 0 radical (unpaired) electrons. The molecule has 1 saturated heterocycles. The van der Waals surface area contributed by atoms with Gasteiger partial charge in [0.25, 0.3) is 5.91 Å². The van der Waals surface area contributed by atoms with E-state index in [4.69, 9.17) is 9.47 Å². The van der Waals surface area contributed by atoms with E-state index in [1.54, 1.807) is 30.2 Å². The van der Waals surface area contributed by atoms with E-state index in [-0.39, 0.29) is 29.9 Å². The number of amides is 1. The Morgan fingerprint density at radius 1 is 1.27 bits per heavy atom. The summed E-state index contributed by atoms with van der Waals surface area (Å²) in [7, 11) is 3.10. The minimum Gasteiger partial charge on any atom is -0.467 e. The highest BCUT2D eigenvalue weighted by atomic mass is 19.1. The lowest BCUT2D eigenvalue weighted by molar-refractivity contribution is -0.0120. The summed E-state index contributed by atoms with van der Waals surface area (Å²) in [6.45, 7) is 0.587. The fourth-order valence-electron chi connectivity index (χ4n) is 3.38. The number of carbonyl (C=O) groups excluding carboxylic acids is 1. The molecule has 1 aliphatic heterocycles. The Morgan fingerprint density at radius 3 is 2.65 bits per heavy atom. The van der Waals surface area contributed by atoms with Crippen molar-refractivity contribution >= 4 is 5.91 Å². The third-order valence-electron chi connectivity index (χ3n) is 4.73. The Balaban J connectivity index is 1.86. The standard InChI is InChI=1S/C19H22FN3O3/c1-25-17-8-5-9-23(16(17)10-13-6-3-4-7-15(13)20)18(24)14-11-21-19(26-2)22-12-14/h3-4,6-7,11-12,16-17H,5,8-10H2,1-2H3/t16-,17-/m0/s1. The zero-order valence-electron chi connectivity index (χ0n) is 14.9. The molecular formula is C19H22FN3O3. The smallest absolute Gasteiger partial charge is 0.316 e. The van der Waals surface area contributed by atoms with Crippen LogP contribution in [0.15, 0.2) is 36.7 Å². The average Bonchev–Trinajstić information content (AvgIpc) is 2.69.